The number of para-hydroxylation sites is 1. The molecule has 3 N–H and O–H groups in total. The van der Waals surface area contributed by atoms with Crippen LogP contribution in [-0.2, 0) is 12.5 Å². The number of rotatable bonds is 4. The van der Waals surface area contributed by atoms with E-state index in [9.17, 15) is 19.1 Å². The molecule has 0 aliphatic heterocycles. The Hall–Kier alpha value is -4.24. The predicted molar refractivity (Wildman–Crippen MR) is 144 cm³/mol. The molecule has 2 atom stereocenters. The third kappa shape index (κ3) is 4.61. The average molecular weight is 516 g/mol. The maximum absolute atomic E-state index is 14.2. The van der Waals surface area contributed by atoms with Gasteiger partial charge in [-0.25, -0.2) is 13.9 Å². The van der Waals surface area contributed by atoms with Crippen molar-refractivity contribution in [1.82, 2.24) is 19.7 Å². The number of aromatic nitrogens is 3. The minimum atomic E-state index is -0.897. The molecule has 0 saturated carbocycles. The number of nitrogens with one attached hydrogen (secondary N) is 2. The van der Waals surface area contributed by atoms with Crippen molar-refractivity contribution in [1.29, 1.82) is 0 Å². The SMILES string of the molecule is Cc1c(-c2ccc(=O)n(C)c2)nn(-c2ccccc2)c1NC(=O)N[C@@H]1c2cc(F)ccc2C(C)(C)C[C@H]1O. The largest absolute Gasteiger partial charge is 0.391 e. The lowest BCUT2D eigenvalue weighted by Gasteiger charge is -2.40. The van der Waals surface area contributed by atoms with Crippen molar-refractivity contribution in [2.45, 2.75) is 44.8 Å². The number of aryl methyl sites for hydroxylation is 1. The summed E-state index contributed by atoms with van der Waals surface area (Å²) < 4.78 is 17.3. The monoisotopic (exact) mass is 515 g/mol. The van der Waals surface area contributed by atoms with Crippen LogP contribution in [0, 0.1) is 12.7 Å². The van der Waals surface area contributed by atoms with Crippen LogP contribution < -0.4 is 16.2 Å². The zero-order valence-electron chi connectivity index (χ0n) is 21.7. The number of carbonyl (C=O) groups is 1. The number of urea groups is 1. The van der Waals surface area contributed by atoms with Crippen LogP contribution in [0.4, 0.5) is 15.0 Å². The molecule has 0 fully saturated rings. The first kappa shape index (κ1) is 25.4. The summed E-state index contributed by atoms with van der Waals surface area (Å²) in [6, 6.07) is 15.7. The Morgan fingerprint density at radius 3 is 2.58 bits per heavy atom. The molecule has 9 heteroatoms. The van der Waals surface area contributed by atoms with Gasteiger partial charge in [0.1, 0.15) is 11.6 Å². The normalized spacial score (nSPS) is 18.1. The molecule has 196 valence electrons. The highest BCUT2D eigenvalue weighted by Crippen LogP contribution is 2.42. The lowest BCUT2D eigenvalue weighted by atomic mass is 9.69. The van der Waals surface area contributed by atoms with E-state index in [1.165, 1.54) is 22.8 Å². The maximum Gasteiger partial charge on any atom is 0.320 e. The minimum Gasteiger partial charge on any atom is -0.391 e. The number of hydrogen-bond acceptors (Lipinski definition) is 4. The summed E-state index contributed by atoms with van der Waals surface area (Å²) >= 11 is 0. The third-order valence-corrected chi connectivity index (χ3v) is 7.18. The molecule has 5 rings (SSSR count). The predicted octanol–water partition coefficient (Wildman–Crippen LogP) is 4.59. The van der Waals surface area contributed by atoms with Crippen molar-refractivity contribution in [3.8, 4) is 16.9 Å². The summed E-state index contributed by atoms with van der Waals surface area (Å²) in [6.07, 6.45) is 1.21. The van der Waals surface area contributed by atoms with Gasteiger partial charge in [0.15, 0.2) is 0 Å². The molecule has 1 aliphatic rings. The fourth-order valence-corrected chi connectivity index (χ4v) is 5.23. The summed E-state index contributed by atoms with van der Waals surface area (Å²) in [5.74, 6) is 0.00315. The van der Waals surface area contributed by atoms with E-state index in [0.717, 1.165) is 16.8 Å². The van der Waals surface area contributed by atoms with E-state index >= 15 is 0 Å². The summed E-state index contributed by atoms with van der Waals surface area (Å²) in [4.78, 5) is 25.3. The number of fused-ring (bicyclic) bond motifs is 1. The number of amides is 2. The summed E-state index contributed by atoms with van der Waals surface area (Å²) in [5, 5.41) is 21.5. The number of halogens is 1. The summed E-state index contributed by atoms with van der Waals surface area (Å²) in [5.41, 5.74) is 3.68. The van der Waals surface area contributed by atoms with E-state index in [4.69, 9.17) is 5.10 Å². The van der Waals surface area contributed by atoms with Gasteiger partial charge in [0.25, 0.3) is 0 Å². The number of aliphatic hydroxyl groups is 1. The number of carbonyl (C=O) groups excluding carboxylic acids is 1. The van der Waals surface area contributed by atoms with Crippen LogP contribution in [0.2, 0.25) is 0 Å². The first-order valence-corrected chi connectivity index (χ1v) is 12.4. The molecule has 4 aromatic rings. The standard InChI is InChI=1S/C29H30FN5O3/c1-17-25(18-10-13-24(37)34(4)16-18)33-35(20-8-6-5-7-9-20)27(17)32-28(38)31-26-21-14-19(30)11-12-22(21)29(2,3)15-23(26)36/h5-14,16,23,26,36H,15H2,1-4H3,(H2,31,32,38)/t23-,26-/m1/s1. The molecule has 0 bridgehead atoms. The number of hydrogen-bond donors (Lipinski definition) is 3. The highest BCUT2D eigenvalue weighted by molar-refractivity contribution is 5.91. The Balaban J connectivity index is 1.51. The van der Waals surface area contributed by atoms with Crippen molar-refractivity contribution in [2.24, 2.45) is 7.05 Å². The van der Waals surface area contributed by atoms with Gasteiger partial charge >= 0.3 is 6.03 Å². The molecule has 2 amide bonds. The van der Waals surface area contributed by atoms with E-state index in [1.807, 2.05) is 51.1 Å². The van der Waals surface area contributed by atoms with Crippen LogP contribution in [0.15, 0.2) is 71.7 Å². The van der Waals surface area contributed by atoms with Gasteiger partial charge in [-0.2, -0.15) is 5.10 Å². The van der Waals surface area contributed by atoms with Crippen molar-refractivity contribution in [2.75, 3.05) is 5.32 Å². The van der Waals surface area contributed by atoms with Crippen LogP contribution in [0.25, 0.3) is 16.9 Å². The molecular weight excluding hydrogens is 485 g/mol. The highest BCUT2D eigenvalue weighted by atomic mass is 19.1. The second-order valence-corrected chi connectivity index (χ2v) is 10.4. The lowest BCUT2D eigenvalue weighted by molar-refractivity contribution is 0.0881. The van der Waals surface area contributed by atoms with E-state index in [1.54, 1.807) is 30.1 Å². The van der Waals surface area contributed by atoms with Gasteiger partial charge < -0.3 is 15.0 Å². The van der Waals surface area contributed by atoms with Crippen LogP contribution >= 0.6 is 0 Å². The van der Waals surface area contributed by atoms with Crippen molar-refractivity contribution < 1.29 is 14.3 Å². The first-order valence-electron chi connectivity index (χ1n) is 12.4. The minimum absolute atomic E-state index is 0.141. The Kier molecular flexibility index (Phi) is 6.40. The topological polar surface area (TPSA) is 101 Å². The number of anilines is 1. The van der Waals surface area contributed by atoms with Gasteiger partial charge in [0.2, 0.25) is 5.56 Å². The molecule has 8 nitrogen and oxygen atoms in total. The lowest BCUT2D eigenvalue weighted by Crippen LogP contribution is -2.45. The second-order valence-electron chi connectivity index (χ2n) is 10.4. The van der Waals surface area contributed by atoms with Crippen LogP contribution in [0.5, 0.6) is 0 Å². The maximum atomic E-state index is 14.2. The van der Waals surface area contributed by atoms with Crippen molar-refractivity contribution in [3.63, 3.8) is 0 Å². The average Bonchev–Trinajstić information content (AvgIpc) is 3.19. The Morgan fingerprint density at radius 2 is 1.87 bits per heavy atom. The molecule has 0 saturated heterocycles. The molecule has 2 aromatic heterocycles. The third-order valence-electron chi connectivity index (χ3n) is 7.18. The van der Waals surface area contributed by atoms with E-state index in [0.29, 0.717) is 29.1 Å². The van der Waals surface area contributed by atoms with Gasteiger partial charge in [-0.05, 0) is 60.2 Å². The number of benzene rings is 2. The summed E-state index contributed by atoms with van der Waals surface area (Å²) in [6.45, 7) is 5.82. The van der Waals surface area contributed by atoms with Gasteiger partial charge in [-0.15, -0.1) is 0 Å². The molecule has 2 aromatic carbocycles. The Morgan fingerprint density at radius 1 is 1.13 bits per heavy atom. The fraction of sp³-hybridized carbons (Fsp3) is 0.276. The molecular formula is C29H30FN5O3. The Labute approximate surface area is 219 Å². The van der Waals surface area contributed by atoms with Gasteiger partial charge in [-0.3, -0.25) is 10.1 Å². The highest BCUT2D eigenvalue weighted by Gasteiger charge is 2.39. The Bertz CT molecular complexity index is 1580. The number of aliphatic hydroxyl groups excluding tert-OH is 1. The number of nitrogens with zero attached hydrogens (tertiary/aromatic N) is 3. The molecule has 2 heterocycles. The van der Waals surface area contributed by atoms with Crippen LogP contribution in [-0.4, -0.2) is 31.6 Å². The molecule has 0 radical (unpaired) electrons. The first-order chi connectivity index (χ1) is 18.0. The van der Waals surface area contributed by atoms with Gasteiger partial charge in [0.05, 0.1) is 23.5 Å². The zero-order chi connectivity index (χ0) is 27.2. The quantitative estimate of drug-likeness (QED) is 0.370. The fourth-order valence-electron chi connectivity index (χ4n) is 5.23. The molecule has 0 spiro atoms. The summed E-state index contributed by atoms with van der Waals surface area (Å²) in [7, 11) is 1.67. The zero-order valence-corrected chi connectivity index (χ0v) is 21.7. The van der Waals surface area contributed by atoms with Crippen molar-refractivity contribution in [3.05, 3.63) is 99.7 Å². The molecule has 0 unspecified atom stereocenters. The van der Waals surface area contributed by atoms with Crippen LogP contribution in [0.1, 0.15) is 43.0 Å². The number of pyridine rings is 1. The van der Waals surface area contributed by atoms with E-state index < -0.39 is 24.0 Å². The molecule has 1 aliphatic carbocycles. The van der Waals surface area contributed by atoms with Gasteiger partial charge in [0, 0.05) is 30.4 Å². The smallest absolute Gasteiger partial charge is 0.320 e. The second kappa shape index (κ2) is 9.57. The van der Waals surface area contributed by atoms with Gasteiger partial charge in [-0.1, -0.05) is 38.1 Å². The van der Waals surface area contributed by atoms with E-state index in [-0.39, 0.29) is 11.0 Å². The van der Waals surface area contributed by atoms with E-state index in [2.05, 4.69) is 10.6 Å². The van der Waals surface area contributed by atoms with Crippen molar-refractivity contribution >= 4 is 11.8 Å². The molecule has 38 heavy (non-hydrogen) atoms. The van der Waals surface area contributed by atoms with Crippen LogP contribution in [0.3, 0.4) is 0 Å².